The average molecular weight is 470 g/mol. The van der Waals surface area contributed by atoms with Gasteiger partial charge in [-0.1, -0.05) is 6.07 Å². The minimum atomic E-state index is -3.43. The highest BCUT2D eigenvalue weighted by Crippen LogP contribution is 2.34. The highest BCUT2D eigenvalue weighted by molar-refractivity contribution is 7.92. The number of sulfonamides is 1. The quantitative estimate of drug-likeness (QED) is 0.577. The van der Waals surface area contributed by atoms with E-state index in [1.807, 2.05) is 38.1 Å². The third kappa shape index (κ3) is 5.52. The minimum absolute atomic E-state index is 0.145. The molecule has 1 aliphatic heterocycles. The van der Waals surface area contributed by atoms with Gasteiger partial charge in [0, 0.05) is 18.3 Å². The first-order valence-corrected chi connectivity index (χ1v) is 12.4. The Kier molecular flexibility index (Phi) is 7.08. The summed E-state index contributed by atoms with van der Waals surface area (Å²) < 4.78 is 30.8. The maximum absolute atomic E-state index is 12.9. The number of anilines is 2. The molecule has 0 aromatic heterocycles. The molecular formula is C24H27N3O5S. The van der Waals surface area contributed by atoms with Crippen molar-refractivity contribution < 1.29 is 22.7 Å². The number of hydrogen-bond acceptors (Lipinski definition) is 6. The molecule has 3 rings (SSSR count). The first-order valence-electron chi connectivity index (χ1n) is 10.6. The van der Waals surface area contributed by atoms with Gasteiger partial charge in [-0.05, 0) is 74.2 Å². The molecule has 0 saturated heterocycles. The Bertz CT molecular complexity index is 1210. The number of nitrogens with zero attached hydrogens (tertiary/aromatic N) is 3. The third-order valence-corrected chi connectivity index (χ3v) is 6.69. The summed E-state index contributed by atoms with van der Waals surface area (Å²) in [6, 6.07) is 12.2. The number of carbonyl (C=O) groups excluding carboxylic acids is 2. The second-order valence-corrected chi connectivity index (χ2v) is 10.2. The molecule has 0 aliphatic carbocycles. The van der Waals surface area contributed by atoms with E-state index in [2.05, 4.69) is 0 Å². The van der Waals surface area contributed by atoms with Gasteiger partial charge in [-0.2, -0.15) is 5.26 Å². The maximum atomic E-state index is 12.9. The van der Waals surface area contributed by atoms with Crippen LogP contribution in [0.15, 0.2) is 36.4 Å². The first kappa shape index (κ1) is 24.3. The molecule has 1 atom stereocenters. The molecule has 33 heavy (non-hydrogen) atoms. The van der Waals surface area contributed by atoms with Gasteiger partial charge in [-0.3, -0.25) is 9.10 Å². The Morgan fingerprint density at radius 2 is 1.85 bits per heavy atom. The molecule has 0 spiro atoms. The fourth-order valence-corrected chi connectivity index (χ4v) is 5.45. The van der Waals surface area contributed by atoms with Gasteiger partial charge in [0.1, 0.15) is 0 Å². The molecule has 0 fully saturated rings. The highest BCUT2D eigenvalue weighted by atomic mass is 32.2. The molecule has 1 amide bonds. The van der Waals surface area contributed by atoms with E-state index in [-0.39, 0.29) is 24.6 Å². The highest BCUT2D eigenvalue weighted by Gasteiger charge is 2.33. The summed E-state index contributed by atoms with van der Waals surface area (Å²) in [5, 5.41) is 8.97. The third-order valence-electron chi connectivity index (χ3n) is 5.42. The molecule has 0 saturated carbocycles. The first-order chi connectivity index (χ1) is 15.5. The normalized spacial score (nSPS) is 15.0. The van der Waals surface area contributed by atoms with Gasteiger partial charge in [0.15, 0.2) is 6.61 Å². The van der Waals surface area contributed by atoms with Crippen molar-refractivity contribution in [3.63, 3.8) is 0 Å². The summed E-state index contributed by atoms with van der Waals surface area (Å²) in [4.78, 5) is 26.9. The molecule has 2 aromatic carbocycles. The number of fused-ring (bicyclic) bond motifs is 1. The van der Waals surface area contributed by atoms with Crippen LogP contribution in [0, 0.1) is 25.2 Å². The Balaban J connectivity index is 1.73. The van der Waals surface area contributed by atoms with E-state index in [0.29, 0.717) is 17.8 Å². The van der Waals surface area contributed by atoms with Crippen molar-refractivity contribution in [2.75, 3.05) is 28.6 Å². The van der Waals surface area contributed by atoms with Gasteiger partial charge >= 0.3 is 5.97 Å². The molecule has 1 heterocycles. The van der Waals surface area contributed by atoms with Crippen molar-refractivity contribution in [3.05, 3.63) is 58.7 Å². The predicted octanol–water partition coefficient (Wildman–Crippen LogP) is 3.12. The van der Waals surface area contributed by atoms with Crippen molar-refractivity contribution in [1.82, 2.24) is 0 Å². The fourth-order valence-electron chi connectivity index (χ4n) is 4.19. The van der Waals surface area contributed by atoms with E-state index >= 15 is 0 Å². The Hall–Kier alpha value is -3.38. The SMILES string of the molecule is Cc1cc(C)cc(N(CCC#N)C(=O)COC(=O)c2ccc3c(c2)CC(C)N3S(C)(=O)=O)c1. The van der Waals surface area contributed by atoms with Crippen LogP contribution in [0.5, 0.6) is 0 Å². The predicted molar refractivity (Wildman–Crippen MR) is 126 cm³/mol. The number of aryl methyl sites for hydroxylation is 2. The summed E-state index contributed by atoms with van der Waals surface area (Å²) in [6.07, 6.45) is 1.78. The van der Waals surface area contributed by atoms with Crippen LogP contribution < -0.4 is 9.21 Å². The molecule has 0 bridgehead atoms. The summed E-state index contributed by atoms with van der Waals surface area (Å²) in [7, 11) is -3.43. The number of ether oxygens (including phenoxy) is 1. The van der Waals surface area contributed by atoms with Gasteiger partial charge in [0.05, 0.1) is 30.0 Å². The zero-order valence-corrected chi connectivity index (χ0v) is 20.0. The van der Waals surface area contributed by atoms with Gasteiger partial charge in [-0.15, -0.1) is 0 Å². The summed E-state index contributed by atoms with van der Waals surface area (Å²) in [5.41, 5.74) is 4.14. The molecule has 0 radical (unpaired) electrons. The standard InChI is InChI=1S/C24H27N3O5S/c1-16-10-17(2)12-21(11-16)26(9-5-8-25)23(28)15-32-24(29)19-6-7-22-20(14-19)13-18(3)27(22)33(4,30)31/h6-7,10-12,14,18H,5,9,13,15H2,1-4H3. The zero-order valence-electron chi connectivity index (χ0n) is 19.2. The molecule has 2 aromatic rings. The van der Waals surface area contributed by atoms with E-state index in [1.54, 1.807) is 19.1 Å². The van der Waals surface area contributed by atoms with Crippen LogP contribution in [0.2, 0.25) is 0 Å². The largest absolute Gasteiger partial charge is 0.452 e. The van der Waals surface area contributed by atoms with Crippen LogP contribution in [0.3, 0.4) is 0 Å². The Morgan fingerprint density at radius 3 is 2.45 bits per heavy atom. The van der Waals surface area contributed by atoms with Crippen LogP contribution in [0.25, 0.3) is 0 Å². The topological polar surface area (TPSA) is 108 Å². The van der Waals surface area contributed by atoms with Crippen molar-refractivity contribution in [1.29, 1.82) is 5.26 Å². The van der Waals surface area contributed by atoms with E-state index in [9.17, 15) is 18.0 Å². The molecule has 1 unspecified atom stereocenters. The van der Waals surface area contributed by atoms with Gasteiger partial charge < -0.3 is 9.64 Å². The van der Waals surface area contributed by atoms with Gasteiger partial charge in [-0.25, -0.2) is 13.2 Å². The summed E-state index contributed by atoms with van der Waals surface area (Å²) in [5.74, 6) is -1.10. The molecule has 8 nitrogen and oxygen atoms in total. The number of benzene rings is 2. The lowest BCUT2D eigenvalue weighted by Gasteiger charge is -2.23. The number of esters is 1. The van der Waals surface area contributed by atoms with E-state index in [0.717, 1.165) is 22.9 Å². The van der Waals surface area contributed by atoms with E-state index in [1.165, 1.54) is 15.3 Å². The van der Waals surface area contributed by atoms with Crippen LogP contribution in [-0.2, 0) is 26.0 Å². The van der Waals surface area contributed by atoms with E-state index < -0.39 is 28.5 Å². The summed E-state index contributed by atoms with van der Waals surface area (Å²) in [6.45, 7) is 5.36. The van der Waals surface area contributed by atoms with Crippen molar-refractivity contribution >= 4 is 33.3 Å². The minimum Gasteiger partial charge on any atom is -0.452 e. The average Bonchev–Trinajstić information content (AvgIpc) is 3.06. The molecule has 9 heteroatoms. The number of nitriles is 1. The van der Waals surface area contributed by atoms with Crippen LogP contribution in [0.1, 0.15) is 40.4 Å². The molecule has 174 valence electrons. The second kappa shape index (κ2) is 9.63. The number of amides is 1. The molecule has 1 aliphatic rings. The van der Waals surface area contributed by atoms with Crippen molar-refractivity contribution in [2.24, 2.45) is 0 Å². The lowest BCUT2D eigenvalue weighted by molar-refractivity contribution is -0.121. The smallest absolute Gasteiger partial charge is 0.338 e. The summed E-state index contributed by atoms with van der Waals surface area (Å²) >= 11 is 0. The van der Waals surface area contributed by atoms with Crippen LogP contribution >= 0.6 is 0 Å². The lowest BCUT2D eigenvalue weighted by Crippen LogP contribution is -2.35. The van der Waals surface area contributed by atoms with Gasteiger partial charge in [0.2, 0.25) is 10.0 Å². The fraction of sp³-hybridized carbons (Fsp3) is 0.375. The number of hydrogen-bond donors (Lipinski definition) is 0. The van der Waals surface area contributed by atoms with Gasteiger partial charge in [0.25, 0.3) is 5.91 Å². The maximum Gasteiger partial charge on any atom is 0.338 e. The van der Waals surface area contributed by atoms with Crippen molar-refractivity contribution in [2.45, 2.75) is 39.7 Å². The monoisotopic (exact) mass is 469 g/mol. The van der Waals surface area contributed by atoms with E-state index in [4.69, 9.17) is 10.00 Å². The van der Waals surface area contributed by atoms with Crippen molar-refractivity contribution in [3.8, 4) is 6.07 Å². The second-order valence-electron chi connectivity index (χ2n) is 8.33. The number of carbonyl (C=O) groups is 2. The molecular weight excluding hydrogens is 442 g/mol. The lowest BCUT2D eigenvalue weighted by atomic mass is 10.1. The number of rotatable bonds is 7. The Labute approximate surface area is 194 Å². The zero-order chi connectivity index (χ0) is 24.3. The molecule has 0 N–H and O–H groups in total. The van der Waals surface area contributed by atoms with Crippen LogP contribution in [0.4, 0.5) is 11.4 Å². The van der Waals surface area contributed by atoms with Crippen LogP contribution in [-0.4, -0.2) is 45.7 Å². The Morgan fingerprint density at radius 1 is 1.18 bits per heavy atom.